The number of nitrogens with one attached hydrogen (secondary N) is 1. The number of Topliss-reactive ketones (excluding diaryl/α,β-unsaturated/α-hetero) is 1. The number of carbonyl (C=O) groups is 1. The SMILES string of the molecule is Cc1nc2c(c3c1[nH]c1c([N+](=O)[O-])cc([N+](=O)[O-])cc13)C(=O)CC(C)(C)C2. The normalized spacial score (nSPS) is 15.9. The zero-order valence-electron chi connectivity index (χ0n) is 15.0. The van der Waals surface area contributed by atoms with Gasteiger partial charge >= 0.3 is 0 Å². The lowest BCUT2D eigenvalue weighted by molar-refractivity contribution is -0.393. The Hall–Kier alpha value is -3.36. The van der Waals surface area contributed by atoms with E-state index in [1.54, 1.807) is 6.92 Å². The molecule has 27 heavy (non-hydrogen) atoms. The molecule has 4 rings (SSSR count). The van der Waals surface area contributed by atoms with Crippen LogP contribution >= 0.6 is 0 Å². The quantitative estimate of drug-likeness (QED) is 0.537. The largest absolute Gasteiger partial charge is 0.347 e. The molecule has 0 spiro atoms. The van der Waals surface area contributed by atoms with Crippen LogP contribution in [0, 0.1) is 32.6 Å². The van der Waals surface area contributed by atoms with E-state index in [0.717, 1.165) is 6.07 Å². The van der Waals surface area contributed by atoms with Crippen molar-refractivity contribution >= 4 is 39.0 Å². The summed E-state index contributed by atoms with van der Waals surface area (Å²) in [7, 11) is 0. The van der Waals surface area contributed by atoms with E-state index in [4.69, 9.17) is 0 Å². The van der Waals surface area contributed by atoms with Crippen LogP contribution in [-0.4, -0.2) is 25.6 Å². The number of nitro groups is 2. The van der Waals surface area contributed by atoms with Crippen LogP contribution in [0.1, 0.15) is 42.0 Å². The number of fused-ring (bicyclic) bond motifs is 5. The third-order valence-corrected chi connectivity index (χ3v) is 5.05. The molecule has 2 aromatic heterocycles. The minimum Gasteiger partial charge on any atom is -0.347 e. The van der Waals surface area contributed by atoms with Crippen molar-refractivity contribution in [2.45, 2.75) is 33.6 Å². The fourth-order valence-corrected chi connectivity index (χ4v) is 3.97. The lowest BCUT2D eigenvalue weighted by atomic mass is 9.74. The van der Waals surface area contributed by atoms with Crippen molar-refractivity contribution in [2.24, 2.45) is 5.41 Å². The topological polar surface area (TPSA) is 132 Å². The van der Waals surface area contributed by atoms with Gasteiger partial charge in [0.2, 0.25) is 0 Å². The maximum absolute atomic E-state index is 12.9. The highest BCUT2D eigenvalue weighted by Gasteiger charge is 2.35. The van der Waals surface area contributed by atoms with Crippen LogP contribution in [0.4, 0.5) is 11.4 Å². The van der Waals surface area contributed by atoms with Gasteiger partial charge in [-0.3, -0.25) is 30.0 Å². The maximum atomic E-state index is 12.9. The first-order valence-electron chi connectivity index (χ1n) is 8.40. The molecule has 0 atom stereocenters. The minimum absolute atomic E-state index is 0.103. The highest BCUT2D eigenvalue weighted by molar-refractivity contribution is 6.21. The summed E-state index contributed by atoms with van der Waals surface area (Å²) in [4.78, 5) is 41.8. The molecule has 0 saturated heterocycles. The second-order valence-corrected chi connectivity index (χ2v) is 7.74. The average Bonchev–Trinajstić information content (AvgIpc) is 2.92. The molecule has 9 nitrogen and oxygen atoms in total. The first-order chi connectivity index (χ1) is 12.6. The zero-order valence-corrected chi connectivity index (χ0v) is 15.0. The number of non-ortho nitro benzene ring substituents is 2. The second kappa shape index (κ2) is 5.32. The van der Waals surface area contributed by atoms with Crippen molar-refractivity contribution in [1.82, 2.24) is 9.97 Å². The molecule has 0 amide bonds. The maximum Gasteiger partial charge on any atom is 0.300 e. The minimum atomic E-state index is -0.670. The Morgan fingerprint density at radius 3 is 2.44 bits per heavy atom. The molecule has 138 valence electrons. The molecule has 0 unspecified atom stereocenters. The van der Waals surface area contributed by atoms with E-state index in [1.165, 1.54) is 6.07 Å². The van der Waals surface area contributed by atoms with Gasteiger partial charge in [-0.05, 0) is 18.8 Å². The number of pyridine rings is 1. The van der Waals surface area contributed by atoms with Crippen LogP contribution in [0.5, 0.6) is 0 Å². The molecule has 0 aliphatic heterocycles. The van der Waals surface area contributed by atoms with Gasteiger partial charge in [0.05, 0.1) is 32.8 Å². The van der Waals surface area contributed by atoms with Crippen molar-refractivity contribution < 1.29 is 14.6 Å². The van der Waals surface area contributed by atoms with Crippen LogP contribution in [0.3, 0.4) is 0 Å². The predicted octanol–water partition coefficient (Wildman–Crippen LogP) is 4.00. The number of aromatic nitrogens is 2. The summed E-state index contributed by atoms with van der Waals surface area (Å²) in [6, 6.07) is 2.21. The van der Waals surface area contributed by atoms with Crippen molar-refractivity contribution in [1.29, 1.82) is 0 Å². The number of aryl methyl sites for hydroxylation is 1. The third-order valence-electron chi connectivity index (χ3n) is 5.05. The molecule has 9 heteroatoms. The first-order valence-corrected chi connectivity index (χ1v) is 8.40. The lowest BCUT2D eigenvalue weighted by Gasteiger charge is -2.30. The smallest absolute Gasteiger partial charge is 0.300 e. The molecule has 0 fully saturated rings. The van der Waals surface area contributed by atoms with Gasteiger partial charge in [-0.25, -0.2) is 0 Å². The van der Waals surface area contributed by atoms with Crippen LogP contribution in [0.25, 0.3) is 21.8 Å². The van der Waals surface area contributed by atoms with Gasteiger partial charge in [0.15, 0.2) is 5.78 Å². The van der Waals surface area contributed by atoms with Crippen molar-refractivity contribution in [2.75, 3.05) is 0 Å². The van der Waals surface area contributed by atoms with Gasteiger partial charge in [-0.2, -0.15) is 0 Å². The number of benzene rings is 1. The predicted molar refractivity (Wildman–Crippen MR) is 98.1 cm³/mol. The van der Waals surface area contributed by atoms with Crippen molar-refractivity contribution in [3.63, 3.8) is 0 Å². The van der Waals surface area contributed by atoms with E-state index in [9.17, 15) is 25.0 Å². The molecule has 0 bridgehead atoms. The second-order valence-electron chi connectivity index (χ2n) is 7.74. The molecule has 1 aliphatic carbocycles. The molecule has 2 heterocycles. The highest BCUT2D eigenvalue weighted by Crippen LogP contribution is 2.42. The van der Waals surface area contributed by atoms with Gasteiger partial charge in [0.25, 0.3) is 11.4 Å². The fraction of sp³-hybridized carbons (Fsp3) is 0.333. The summed E-state index contributed by atoms with van der Waals surface area (Å²) in [6.45, 7) is 5.73. The molecule has 0 saturated carbocycles. The molecular formula is C18H16N4O5. The van der Waals surface area contributed by atoms with E-state index >= 15 is 0 Å². The van der Waals surface area contributed by atoms with Crippen LogP contribution < -0.4 is 0 Å². The Labute approximate surface area is 152 Å². The van der Waals surface area contributed by atoms with Crippen molar-refractivity contribution in [3.8, 4) is 0 Å². The van der Waals surface area contributed by atoms with E-state index in [0.29, 0.717) is 46.1 Å². The van der Waals surface area contributed by atoms with E-state index in [2.05, 4.69) is 9.97 Å². The van der Waals surface area contributed by atoms with Crippen LogP contribution in [0.2, 0.25) is 0 Å². The van der Waals surface area contributed by atoms with Crippen LogP contribution in [-0.2, 0) is 6.42 Å². The van der Waals surface area contributed by atoms with Gasteiger partial charge in [0, 0.05) is 28.8 Å². The number of nitrogens with zero attached hydrogens (tertiary/aromatic N) is 3. The summed E-state index contributed by atoms with van der Waals surface area (Å²) in [5, 5.41) is 23.5. The number of hydrogen-bond acceptors (Lipinski definition) is 6. The Morgan fingerprint density at radius 2 is 1.81 bits per heavy atom. The number of rotatable bonds is 2. The van der Waals surface area contributed by atoms with E-state index in [1.807, 2.05) is 13.8 Å². The summed E-state index contributed by atoms with van der Waals surface area (Å²) >= 11 is 0. The number of hydrogen-bond donors (Lipinski definition) is 1. The third kappa shape index (κ3) is 2.46. The van der Waals surface area contributed by atoms with Gasteiger partial charge in [-0.1, -0.05) is 13.8 Å². The van der Waals surface area contributed by atoms with Crippen LogP contribution in [0.15, 0.2) is 12.1 Å². The number of nitro benzene ring substituents is 2. The van der Waals surface area contributed by atoms with Gasteiger partial charge < -0.3 is 4.98 Å². The molecule has 1 N–H and O–H groups in total. The number of aromatic amines is 1. The van der Waals surface area contributed by atoms with Gasteiger partial charge in [-0.15, -0.1) is 0 Å². The zero-order chi connectivity index (χ0) is 19.7. The van der Waals surface area contributed by atoms with E-state index < -0.39 is 15.5 Å². The Bertz CT molecular complexity index is 1190. The standard InChI is InChI=1S/C18H16N4O5/c1-8-16-14(15-11(19-8)6-18(2,3)7-13(15)23)10-4-9(21(24)25)5-12(22(26)27)17(10)20-16/h4-5,20H,6-7H2,1-3H3. The van der Waals surface area contributed by atoms with Crippen molar-refractivity contribution in [3.05, 3.63) is 49.3 Å². The number of carbonyl (C=O) groups excluding carboxylic acids is 1. The lowest BCUT2D eigenvalue weighted by Crippen LogP contribution is -2.28. The molecule has 3 aromatic rings. The fourth-order valence-electron chi connectivity index (χ4n) is 3.97. The first kappa shape index (κ1) is 17.1. The highest BCUT2D eigenvalue weighted by atomic mass is 16.6. The molecular weight excluding hydrogens is 352 g/mol. The summed E-state index contributed by atoms with van der Waals surface area (Å²) in [5.74, 6) is -0.103. The molecule has 1 aliphatic rings. The summed E-state index contributed by atoms with van der Waals surface area (Å²) < 4.78 is 0. The number of ketones is 1. The Morgan fingerprint density at radius 1 is 1.11 bits per heavy atom. The van der Waals surface area contributed by atoms with E-state index in [-0.39, 0.29) is 22.4 Å². The van der Waals surface area contributed by atoms with Gasteiger partial charge in [0.1, 0.15) is 5.52 Å². The average molecular weight is 368 g/mol. The Kier molecular flexibility index (Phi) is 3.36. The monoisotopic (exact) mass is 368 g/mol. The number of H-pyrrole nitrogens is 1. The summed E-state index contributed by atoms with van der Waals surface area (Å²) in [5.41, 5.74) is 1.29. The Balaban J connectivity index is 2.21. The molecule has 1 aromatic carbocycles. The molecule has 0 radical (unpaired) electrons. The summed E-state index contributed by atoms with van der Waals surface area (Å²) in [6.07, 6.45) is 0.915.